The Hall–Kier alpha value is -3.32. The van der Waals surface area contributed by atoms with E-state index in [1.165, 1.54) is 18.2 Å². The second kappa shape index (κ2) is 11.0. The lowest BCUT2D eigenvalue weighted by atomic mass is 10.1. The fraction of sp³-hybridized carbons (Fsp3) is 0.269. The van der Waals surface area contributed by atoms with Gasteiger partial charge >= 0.3 is 0 Å². The van der Waals surface area contributed by atoms with Gasteiger partial charge in [-0.25, -0.2) is 8.42 Å². The molecule has 0 spiro atoms. The molecule has 0 bridgehead atoms. The molecule has 0 aromatic heterocycles. The summed E-state index contributed by atoms with van der Waals surface area (Å²) < 4.78 is 33.4. The van der Waals surface area contributed by atoms with Crippen LogP contribution in [0.4, 0.5) is 5.69 Å². The van der Waals surface area contributed by atoms with E-state index in [0.717, 1.165) is 22.7 Å². The summed E-state index contributed by atoms with van der Waals surface area (Å²) in [6, 6.07) is 21.6. The number of hydrogen-bond donors (Lipinski definition) is 1. The van der Waals surface area contributed by atoms with Crippen LogP contribution in [-0.4, -0.2) is 34.5 Å². The molecule has 0 fully saturated rings. The average molecular weight is 467 g/mol. The Balaban J connectivity index is 1.74. The number of benzene rings is 3. The Labute approximate surface area is 196 Å². The second-order valence-electron chi connectivity index (χ2n) is 7.94. The molecule has 0 saturated heterocycles. The second-order valence-corrected chi connectivity index (χ2v) is 9.80. The maximum atomic E-state index is 13.5. The number of ether oxygens (including phenoxy) is 1. The van der Waals surface area contributed by atoms with Crippen LogP contribution in [-0.2, 0) is 21.2 Å². The van der Waals surface area contributed by atoms with Crippen molar-refractivity contribution in [3.63, 3.8) is 0 Å². The molecule has 0 radical (unpaired) electrons. The number of aryl methyl sites for hydroxylation is 3. The van der Waals surface area contributed by atoms with Crippen LogP contribution in [0.2, 0.25) is 0 Å². The Morgan fingerprint density at radius 3 is 2.15 bits per heavy atom. The zero-order valence-corrected chi connectivity index (χ0v) is 20.1. The summed E-state index contributed by atoms with van der Waals surface area (Å²) >= 11 is 0. The van der Waals surface area contributed by atoms with Gasteiger partial charge in [-0.05, 0) is 56.5 Å². The minimum Gasteiger partial charge on any atom is -0.495 e. The lowest BCUT2D eigenvalue weighted by Gasteiger charge is -2.25. The van der Waals surface area contributed by atoms with E-state index >= 15 is 0 Å². The van der Waals surface area contributed by atoms with Crippen molar-refractivity contribution in [2.45, 2.75) is 31.6 Å². The number of nitrogens with zero attached hydrogens (tertiary/aromatic N) is 1. The minimum absolute atomic E-state index is 0.117. The van der Waals surface area contributed by atoms with Crippen LogP contribution in [0.1, 0.15) is 23.1 Å². The van der Waals surface area contributed by atoms with E-state index in [1.54, 1.807) is 48.5 Å². The number of anilines is 1. The summed E-state index contributed by atoms with van der Waals surface area (Å²) in [5.41, 5.74) is 3.67. The molecule has 1 N–H and O–H groups in total. The van der Waals surface area contributed by atoms with Gasteiger partial charge in [-0.15, -0.1) is 0 Å². The Morgan fingerprint density at radius 1 is 0.909 bits per heavy atom. The van der Waals surface area contributed by atoms with Crippen molar-refractivity contribution in [2.75, 3.05) is 24.5 Å². The van der Waals surface area contributed by atoms with Crippen LogP contribution in [0.25, 0.3) is 0 Å². The van der Waals surface area contributed by atoms with Gasteiger partial charge in [0.1, 0.15) is 12.3 Å². The topological polar surface area (TPSA) is 75.7 Å². The van der Waals surface area contributed by atoms with Crippen LogP contribution >= 0.6 is 0 Å². The molecule has 6 nitrogen and oxygen atoms in total. The van der Waals surface area contributed by atoms with E-state index in [-0.39, 0.29) is 17.3 Å². The third-order valence-corrected chi connectivity index (χ3v) is 7.11. The third-order valence-electron chi connectivity index (χ3n) is 5.34. The summed E-state index contributed by atoms with van der Waals surface area (Å²) in [6.45, 7) is 4.04. The van der Waals surface area contributed by atoms with Crippen LogP contribution in [0.15, 0.2) is 77.7 Å². The van der Waals surface area contributed by atoms with Crippen LogP contribution in [0.5, 0.6) is 5.75 Å². The first-order valence-electron chi connectivity index (χ1n) is 10.9. The molecule has 3 rings (SSSR count). The van der Waals surface area contributed by atoms with Crippen LogP contribution < -0.4 is 14.4 Å². The monoisotopic (exact) mass is 466 g/mol. The molecule has 0 aliphatic rings. The quantitative estimate of drug-likeness (QED) is 0.453. The van der Waals surface area contributed by atoms with E-state index in [4.69, 9.17) is 4.74 Å². The summed E-state index contributed by atoms with van der Waals surface area (Å²) in [4.78, 5) is 12.9. The lowest BCUT2D eigenvalue weighted by molar-refractivity contribution is -0.119. The first kappa shape index (κ1) is 24.3. The van der Waals surface area contributed by atoms with E-state index in [2.05, 4.69) is 29.6 Å². The highest BCUT2D eigenvalue weighted by atomic mass is 32.2. The van der Waals surface area contributed by atoms with Gasteiger partial charge in [-0.3, -0.25) is 9.10 Å². The van der Waals surface area contributed by atoms with E-state index in [9.17, 15) is 13.2 Å². The number of carbonyl (C=O) groups excluding carboxylic acids is 1. The molecule has 7 heteroatoms. The smallest absolute Gasteiger partial charge is 0.264 e. The van der Waals surface area contributed by atoms with E-state index < -0.39 is 10.0 Å². The molecule has 1 amide bonds. The Kier molecular flexibility index (Phi) is 8.11. The summed E-state index contributed by atoms with van der Waals surface area (Å²) in [5, 5.41) is 2.85. The van der Waals surface area contributed by atoms with Crippen molar-refractivity contribution in [3.8, 4) is 5.75 Å². The van der Waals surface area contributed by atoms with Crippen molar-refractivity contribution in [2.24, 2.45) is 0 Å². The number of nitrogens with one attached hydrogen (secondary N) is 1. The maximum absolute atomic E-state index is 13.5. The molecule has 33 heavy (non-hydrogen) atoms. The highest BCUT2D eigenvalue weighted by molar-refractivity contribution is 7.92. The standard InChI is InChI=1S/C26H30N2O4S/c1-20-10-14-22(15-11-20)7-6-18-27-26(29)19-28(24-8-4-5-9-25(24)32-3)33(30,31)23-16-12-21(2)13-17-23/h4-5,8-17H,6-7,18-19H2,1-3H3,(H,27,29). The normalized spacial score (nSPS) is 11.1. The first-order valence-corrected chi connectivity index (χ1v) is 12.3. The molecular weight excluding hydrogens is 436 g/mol. The van der Waals surface area contributed by atoms with Crippen LogP contribution in [0, 0.1) is 13.8 Å². The molecule has 0 atom stereocenters. The molecule has 0 saturated carbocycles. The number of hydrogen-bond acceptors (Lipinski definition) is 4. The number of rotatable bonds is 10. The molecular formula is C26H30N2O4S. The van der Waals surface area contributed by atoms with Gasteiger partial charge in [-0.1, -0.05) is 59.7 Å². The van der Waals surface area contributed by atoms with Crippen molar-refractivity contribution in [1.82, 2.24) is 5.32 Å². The summed E-state index contributed by atoms with van der Waals surface area (Å²) in [6.07, 6.45) is 1.59. The van der Waals surface area contributed by atoms with Gasteiger partial charge in [0.05, 0.1) is 17.7 Å². The van der Waals surface area contributed by atoms with Crippen molar-refractivity contribution < 1.29 is 17.9 Å². The molecule has 0 heterocycles. The van der Waals surface area contributed by atoms with E-state index in [1.807, 2.05) is 13.8 Å². The predicted molar refractivity (Wildman–Crippen MR) is 131 cm³/mol. The number of carbonyl (C=O) groups is 1. The highest BCUT2D eigenvalue weighted by Gasteiger charge is 2.29. The van der Waals surface area contributed by atoms with Gasteiger partial charge in [0, 0.05) is 6.54 Å². The molecule has 3 aromatic carbocycles. The number of para-hydroxylation sites is 2. The van der Waals surface area contributed by atoms with Crippen molar-refractivity contribution in [1.29, 1.82) is 0 Å². The Morgan fingerprint density at radius 2 is 1.52 bits per heavy atom. The zero-order chi connectivity index (χ0) is 23.8. The zero-order valence-electron chi connectivity index (χ0n) is 19.2. The minimum atomic E-state index is -3.98. The number of amides is 1. The molecule has 0 unspecified atom stereocenters. The molecule has 0 aliphatic carbocycles. The van der Waals surface area contributed by atoms with Gasteiger partial charge in [-0.2, -0.15) is 0 Å². The van der Waals surface area contributed by atoms with Gasteiger partial charge in [0.25, 0.3) is 10.0 Å². The van der Waals surface area contributed by atoms with Gasteiger partial charge in [0.2, 0.25) is 5.91 Å². The Bertz CT molecular complexity index is 1170. The number of sulfonamides is 1. The maximum Gasteiger partial charge on any atom is 0.264 e. The predicted octanol–water partition coefficient (Wildman–Crippen LogP) is 4.26. The molecule has 0 aliphatic heterocycles. The van der Waals surface area contributed by atoms with E-state index in [0.29, 0.717) is 18.0 Å². The average Bonchev–Trinajstić information content (AvgIpc) is 2.81. The first-order chi connectivity index (χ1) is 15.8. The highest BCUT2D eigenvalue weighted by Crippen LogP contribution is 2.32. The van der Waals surface area contributed by atoms with Crippen molar-refractivity contribution >= 4 is 21.6 Å². The fourth-order valence-corrected chi connectivity index (χ4v) is 4.87. The SMILES string of the molecule is COc1ccccc1N(CC(=O)NCCCc1ccc(C)cc1)S(=O)(=O)c1ccc(C)cc1. The summed E-state index contributed by atoms with van der Waals surface area (Å²) in [7, 11) is -2.51. The van der Waals surface area contributed by atoms with Crippen molar-refractivity contribution in [3.05, 3.63) is 89.5 Å². The molecule has 3 aromatic rings. The fourth-order valence-electron chi connectivity index (χ4n) is 3.43. The van der Waals surface area contributed by atoms with Gasteiger partial charge in [0.15, 0.2) is 0 Å². The van der Waals surface area contributed by atoms with Gasteiger partial charge < -0.3 is 10.1 Å². The summed E-state index contributed by atoms with van der Waals surface area (Å²) in [5.74, 6) is 0.000793. The molecule has 174 valence electrons. The lowest BCUT2D eigenvalue weighted by Crippen LogP contribution is -2.41. The van der Waals surface area contributed by atoms with Crippen LogP contribution in [0.3, 0.4) is 0 Å². The largest absolute Gasteiger partial charge is 0.495 e. The number of methoxy groups -OCH3 is 1. The third kappa shape index (κ3) is 6.35.